The van der Waals surface area contributed by atoms with Crippen molar-refractivity contribution in [3.8, 4) is 12.3 Å². The zero-order valence-electron chi connectivity index (χ0n) is 9.56. The minimum absolute atomic E-state index is 0.389. The second-order valence-corrected chi connectivity index (χ2v) is 4.63. The number of carbonyl (C=O) groups is 1. The van der Waals surface area contributed by atoms with E-state index in [4.69, 9.17) is 11.5 Å². The van der Waals surface area contributed by atoms with E-state index in [0.29, 0.717) is 13.1 Å². The summed E-state index contributed by atoms with van der Waals surface area (Å²) in [5, 5.41) is 8.93. The number of aliphatic carboxylic acids is 1. The molecule has 17 heavy (non-hydrogen) atoms. The van der Waals surface area contributed by atoms with E-state index in [-0.39, 0.29) is 0 Å². The van der Waals surface area contributed by atoms with Crippen molar-refractivity contribution in [3.05, 3.63) is 28.7 Å². The molecule has 0 bridgehead atoms. The Bertz CT molecular complexity index is 439. The quantitative estimate of drug-likeness (QED) is 0.849. The SMILES string of the molecule is C#CCN(CC(C)C(=O)O)c1ccccc1Br. The lowest BCUT2D eigenvalue weighted by atomic mass is 10.1. The zero-order valence-corrected chi connectivity index (χ0v) is 11.1. The van der Waals surface area contributed by atoms with Gasteiger partial charge in [-0.2, -0.15) is 0 Å². The van der Waals surface area contributed by atoms with Crippen molar-refractivity contribution in [2.45, 2.75) is 6.92 Å². The normalized spacial score (nSPS) is 11.6. The number of anilines is 1. The lowest BCUT2D eigenvalue weighted by Crippen LogP contribution is -2.32. The first-order valence-electron chi connectivity index (χ1n) is 5.22. The van der Waals surface area contributed by atoms with Crippen LogP contribution in [0.1, 0.15) is 6.92 Å². The van der Waals surface area contributed by atoms with Gasteiger partial charge in [0, 0.05) is 11.0 Å². The Morgan fingerprint density at radius 3 is 2.76 bits per heavy atom. The zero-order chi connectivity index (χ0) is 12.8. The summed E-state index contributed by atoms with van der Waals surface area (Å²) in [7, 11) is 0. The Kier molecular flexibility index (Phi) is 5.05. The molecule has 3 nitrogen and oxygen atoms in total. The largest absolute Gasteiger partial charge is 0.481 e. The van der Waals surface area contributed by atoms with Crippen LogP contribution in [-0.4, -0.2) is 24.2 Å². The Hall–Kier alpha value is -1.47. The highest BCUT2D eigenvalue weighted by atomic mass is 79.9. The molecule has 90 valence electrons. The van der Waals surface area contributed by atoms with Gasteiger partial charge in [0.05, 0.1) is 18.2 Å². The summed E-state index contributed by atoms with van der Waals surface area (Å²) in [6.07, 6.45) is 5.31. The number of rotatable bonds is 5. The molecule has 0 fully saturated rings. The van der Waals surface area contributed by atoms with Crippen LogP contribution < -0.4 is 4.90 Å². The first kappa shape index (κ1) is 13.6. The third kappa shape index (κ3) is 3.79. The lowest BCUT2D eigenvalue weighted by molar-refractivity contribution is -0.140. The molecule has 0 aliphatic rings. The lowest BCUT2D eigenvalue weighted by Gasteiger charge is -2.25. The first-order valence-corrected chi connectivity index (χ1v) is 6.01. The van der Waals surface area contributed by atoms with Crippen molar-refractivity contribution in [2.75, 3.05) is 18.0 Å². The molecule has 1 N–H and O–H groups in total. The number of para-hydroxylation sites is 1. The standard InChI is InChI=1S/C13H14BrNO2/c1-3-8-15(9-10(2)13(16)17)12-7-5-4-6-11(12)14/h1,4-7,10H,8-9H2,2H3,(H,16,17). The third-order valence-corrected chi connectivity index (χ3v) is 3.06. The fourth-order valence-corrected chi connectivity index (χ4v) is 2.01. The minimum Gasteiger partial charge on any atom is -0.481 e. The molecule has 0 spiro atoms. The van der Waals surface area contributed by atoms with Gasteiger partial charge in [-0.3, -0.25) is 4.79 Å². The van der Waals surface area contributed by atoms with Gasteiger partial charge >= 0.3 is 5.97 Å². The predicted molar refractivity (Wildman–Crippen MR) is 72.0 cm³/mol. The molecule has 0 heterocycles. The maximum absolute atomic E-state index is 10.9. The van der Waals surface area contributed by atoms with E-state index in [1.54, 1.807) is 6.92 Å². The molecule has 0 amide bonds. The van der Waals surface area contributed by atoms with Gasteiger partial charge in [0.15, 0.2) is 0 Å². The maximum Gasteiger partial charge on any atom is 0.308 e. The van der Waals surface area contributed by atoms with Crippen LogP contribution in [0.5, 0.6) is 0 Å². The van der Waals surface area contributed by atoms with Crippen LogP contribution in [0.3, 0.4) is 0 Å². The van der Waals surface area contributed by atoms with Crippen molar-refractivity contribution in [1.82, 2.24) is 0 Å². The van der Waals surface area contributed by atoms with Crippen molar-refractivity contribution < 1.29 is 9.90 Å². The molecular formula is C13H14BrNO2. The Labute approximate surface area is 110 Å². The number of terminal acetylenes is 1. The van der Waals surface area contributed by atoms with Gasteiger partial charge in [-0.05, 0) is 28.1 Å². The highest BCUT2D eigenvalue weighted by Gasteiger charge is 2.17. The van der Waals surface area contributed by atoms with Gasteiger partial charge in [0.25, 0.3) is 0 Å². The number of halogens is 1. The summed E-state index contributed by atoms with van der Waals surface area (Å²) in [5.41, 5.74) is 0.915. The van der Waals surface area contributed by atoms with Crippen LogP contribution in [0, 0.1) is 18.3 Å². The number of hydrogen-bond donors (Lipinski definition) is 1. The van der Waals surface area contributed by atoms with E-state index < -0.39 is 11.9 Å². The van der Waals surface area contributed by atoms with Gasteiger partial charge in [0.1, 0.15) is 0 Å². The van der Waals surface area contributed by atoms with Crippen LogP contribution in [0.2, 0.25) is 0 Å². The van der Waals surface area contributed by atoms with Gasteiger partial charge in [0.2, 0.25) is 0 Å². The van der Waals surface area contributed by atoms with Crippen molar-refractivity contribution >= 4 is 27.6 Å². The predicted octanol–water partition coefficient (Wildman–Crippen LogP) is 2.61. The highest BCUT2D eigenvalue weighted by Crippen LogP contribution is 2.26. The van der Waals surface area contributed by atoms with Gasteiger partial charge in [-0.15, -0.1) is 6.42 Å². The van der Waals surface area contributed by atoms with Gasteiger partial charge in [-0.1, -0.05) is 25.0 Å². The summed E-state index contributed by atoms with van der Waals surface area (Å²) in [5.74, 6) is 1.27. The van der Waals surface area contributed by atoms with Crippen LogP contribution >= 0.6 is 15.9 Å². The van der Waals surface area contributed by atoms with Gasteiger partial charge in [-0.25, -0.2) is 0 Å². The van der Waals surface area contributed by atoms with Crippen LogP contribution in [-0.2, 0) is 4.79 Å². The average Bonchev–Trinajstić information content (AvgIpc) is 2.29. The molecule has 1 unspecified atom stereocenters. The number of carboxylic acids is 1. The first-order chi connectivity index (χ1) is 8.06. The van der Waals surface area contributed by atoms with Crippen molar-refractivity contribution in [1.29, 1.82) is 0 Å². The highest BCUT2D eigenvalue weighted by molar-refractivity contribution is 9.10. The summed E-state index contributed by atoms with van der Waals surface area (Å²) < 4.78 is 0.910. The molecule has 1 atom stereocenters. The summed E-state index contributed by atoms with van der Waals surface area (Å²) in [4.78, 5) is 12.7. The maximum atomic E-state index is 10.9. The van der Waals surface area contributed by atoms with E-state index >= 15 is 0 Å². The van der Waals surface area contributed by atoms with Crippen LogP contribution in [0.15, 0.2) is 28.7 Å². The Morgan fingerprint density at radius 2 is 2.24 bits per heavy atom. The fourth-order valence-electron chi connectivity index (χ4n) is 1.48. The molecule has 0 aliphatic heterocycles. The van der Waals surface area contributed by atoms with E-state index in [9.17, 15) is 4.79 Å². The Morgan fingerprint density at radius 1 is 1.59 bits per heavy atom. The fraction of sp³-hybridized carbons (Fsp3) is 0.308. The summed E-state index contributed by atoms with van der Waals surface area (Å²) in [6, 6.07) is 7.62. The number of nitrogens with zero attached hydrogens (tertiary/aromatic N) is 1. The number of carboxylic acid groups (broad SMARTS) is 1. The number of hydrogen-bond acceptors (Lipinski definition) is 2. The summed E-state index contributed by atoms with van der Waals surface area (Å²) in [6.45, 7) is 2.45. The third-order valence-electron chi connectivity index (χ3n) is 2.39. The van der Waals surface area contributed by atoms with Crippen LogP contribution in [0.4, 0.5) is 5.69 Å². The molecule has 0 aliphatic carbocycles. The van der Waals surface area contributed by atoms with Crippen molar-refractivity contribution in [2.24, 2.45) is 5.92 Å². The molecule has 0 aromatic heterocycles. The van der Waals surface area contributed by atoms with Crippen LogP contribution in [0.25, 0.3) is 0 Å². The second-order valence-electron chi connectivity index (χ2n) is 3.78. The molecule has 0 saturated carbocycles. The monoisotopic (exact) mass is 295 g/mol. The topological polar surface area (TPSA) is 40.5 Å². The van der Waals surface area contributed by atoms with E-state index in [1.165, 1.54) is 0 Å². The van der Waals surface area contributed by atoms with Crippen molar-refractivity contribution in [3.63, 3.8) is 0 Å². The molecule has 4 heteroatoms. The number of benzene rings is 1. The molecule has 1 aromatic rings. The summed E-state index contributed by atoms with van der Waals surface area (Å²) >= 11 is 3.44. The molecule has 0 radical (unpaired) electrons. The Balaban J connectivity index is 2.91. The van der Waals surface area contributed by atoms with E-state index in [0.717, 1.165) is 10.2 Å². The molecule has 1 aromatic carbocycles. The minimum atomic E-state index is -0.820. The van der Waals surface area contributed by atoms with E-state index in [2.05, 4.69) is 21.9 Å². The second kappa shape index (κ2) is 6.31. The smallest absolute Gasteiger partial charge is 0.308 e. The molecule has 0 saturated heterocycles. The average molecular weight is 296 g/mol. The van der Waals surface area contributed by atoms with E-state index in [1.807, 2.05) is 29.2 Å². The molecule has 1 rings (SSSR count). The molecular weight excluding hydrogens is 282 g/mol. The van der Waals surface area contributed by atoms with Gasteiger partial charge < -0.3 is 10.0 Å².